The highest BCUT2D eigenvalue weighted by Gasteiger charge is 1.99. The van der Waals surface area contributed by atoms with E-state index >= 15 is 0 Å². The molecule has 0 aliphatic carbocycles. The second-order valence-electron chi connectivity index (χ2n) is 3.34. The van der Waals surface area contributed by atoms with Crippen molar-refractivity contribution in [1.29, 1.82) is 0 Å². The first-order valence-corrected chi connectivity index (χ1v) is 4.65. The number of aryl methyl sites for hydroxylation is 2. The standard InChI is InChI=1S/C12H13N/c1-3-12-11-5-4-9(2)8-10(11)6-7-13-12/h4-8H,3H2,1-2H3. The summed E-state index contributed by atoms with van der Waals surface area (Å²) in [4.78, 5) is 4.36. The van der Waals surface area contributed by atoms with Gasteiger partial charge in [0.25, 0.3) is 0 Å². The van der Waals surface area contributed by atoms with Gasteiger partial charge in [0.2, 0.25) is 0 Å². The highest BCUT2D eigenvalue weighted by Crippen LogP contribution is 2.18. The van der Waals surface area contributed by atoms with Crippen molar-refractivity contribution in [3.8, 4) is 0 Å². The Morgan fingerprint density at radius 3 is 2.85 bits per heavy atom. The normalized spacial score (nSPS) is 10.6. The molecule has 0 radical (unpaired) electrons. The van der Waals surface area contributed by atoms with Gasteiger partial charge >= 0.3 is 0 Å². The van der Waals surface area contributed by atoms with E-state index < -0.39 is 0 Å². The summed E-state index contributed by atoms with van der Waals surface area (Å²) < 4.78 is 0. The van der Waals surface area contributed by atoms with Gasteiger partial charge in [-0.2, -0.15) is 0 Å². The molecule has 2 rings (SSSR count). The lowest BCUT2D eigenvalue weighted by molar-refractivity contribution is 1.06. The summed E-state index contributed by atoms with van der Waals surface area (Å²) in [5.74, 6) is 0. The van der Waals surface area contributed by atoms with Crippen LogP contribution in [0.15, 0.2) is 30.5 Å². The second kappa shape index (κ2) is 3.17. The molecule has 0 saturated carbocycles. The Kier molecular flexibility index (Phi) is 2.01. The number of fused-ring (bicyclic) bond motifs is 1. The molecule has 1 heterocycles. The van der Waals surface area contributed by atoms with Crippen molar-refractivity contribution in [3.05, 3.63) is 41.7 Å². The zero-order valence-electron chi connectivity index (χ0n) is 8.04. The number of benzene rings is 1. The van der Waals surface area contributed by atoms with Gasteiger partial charge in [-0.15, -0.1) is 0 Å². The molecule has 0 atom stereocenters. The summed E-state index contributed by atoms with van der Waals surface area (Å²) >= 11 is 0. The minimum atomic E-state index is 1.00. The van der Waals surface area contributed by atoms with Crippen LogP contribution >= 0.6 is 0 Å². The monoisotopic (exact) mass is 171 g/mol. The molecular weight excluding hydrogens is 158 g/mol. The number of nitrogens with zero attached hydrogens (tertiary/aromatic N) is 1. The van der Waals surface area contributed by atoms with E-state index in [4.69, 9.17) is 0 Å². The van der Waals surface area contributed by atoms with Crippen LogP contribution in [-0.2, 0) is 6.42 Å². The minimum Gasteiger partial charge on any atom is -0.261 e. The van der Waals surface area contributed by atoms with E-state index in [-0.39, 0.29) is 0 Å². The Bertz CT molecular complexity index is 432. The summed E-state index contributed by atoms with van der Waals surface area (Å²) in [6.07, 6.45) is 2.89. The number of pyridine rings is 1. The average molecular weight is 171 g/mol. The highest BCUT2D eigenvalue weighted by molar-refractivity contribution is 5.84. The molecule has 0 saturated heterocycles. The number of hydrogen-bond donors (Lipinski definition) is 0. The lowest BCUT2D eigenvalue weighted by Gasteiger charge is -2.03. The third-order valence-electron chi connectivity index (χ3n) is 2.34. The zero-order valence-corrected chi connectivity index (χ0v) is 8.04. The number of aromatic nitrogens is 1. The molecule has 0 spiro atoms. The van der Waals surface area contributed by atoms with Crippen LogP contribution in [0.2, 0.25) is 0 Å². The van der Waals surface area contributed by atoms with Crippen LogP contribution in [0.4, 0.5) is 0 Å². The Labute approximate surface area is 78.4 Å². The van der Waals surface area contributed by atoms with Crippen LogP contribution < -0.4 is 0 Å². The van der Waals surface area contributed by atoms with Gasteiger partial charge in [-0.25, -0.2) is 0 Å². The molecule has 1 aromatic carbocycles. The molecule has 0 bridgehead atoms. The van der Waals surface area contributed by atoms with E-state index in [1.54, 1.807) is 0 Å². The quantitative estimate of drug-likeness (QED) is 0.642. The largest absolute Gasteiger partial charge is 0.261 e. The van der Waals surface area contributed by atoms with E-state index in [2.05, 4.69) is 43.1 Å². The first-order valence-electron chi connectivity index (χ1n) is 4.65. The first kappa shape index (κ1) is 8.24. The Hall–Kier alpha value is -1.37. The van der Waals surface area contributed by atoms with Crippen LogP contribution in [-0.4, -0.2) is 4.98 Å². The summed E-state index contributed by atoms with van der Waals surface area (Å²) in [7, 11) is 0. The SMILES string of the molecule is CCc1nccc2cc(C)ccc12. The van der Waals surface area contributed by atoms with Crippen LogP contribution in [0, 0.1) is 6.92 Å². The predicted octanol–water partition coefficient (Wildman–Crippen LogP) is 3.11. The Morgan fingerprint density at radius 1 is 1.23 bits per heavy atom. The van der Waals surface area contributed by atoms with Gasteiger partial charge in [0.15, 0.2) is 0 Å². The van der Waals surface area contributed by atoms with Gasteiger partial charge in [-0.3, -0.25) is 4.98 Å². The smallest absolute Gasteiger partial charge is 0.0479 e. The molecule has 0 amide bonds. The Balaban J connectivity index is 2.77. The molecule has 66 valence electrons. The lowest BCUT2D eigenvalue weighted by atomic mass is 10.1. The maximum Gasteiger partial charge on any atom is 0.0479 e. The minimum absolute atomic E-state index is 1.00. The second-order valence-corrected chi connectivity index (χ2v) is 3.34. The van der Waals surface area contributed by atoms with Crippen molar-refractivity contribution < 1.29 is 0 Å². The van der Waals surface area contributed by atoms with Crippen molar-refractivity contribution in [3.63, 3.8) is 0 Å². The van der Waals surface area contributed by atoms with Crippen molar-refractivity contribution in [2.24, 2.45) is 0 Å². The molecule has 0 fully saturated rings. The molecule has 1 heteroatoms. The summed E-state index contributed by atoms with van der Waals surface area (Å²) in [5, 5.41) is 2.59. The molecule has 0 aliphatic heterocycles. The van der Waals surface area contributed by atoms with Crippen LogP contribution in [0.5, 0.6) is 0 Å². The Morgan fingerprint density at radius 2 is 2.08 bits per heavy atom. The fourth-order valence-corrected chi connectivity index (χ4v) is 1.64. The van der Waals surface area contributed by atoms with Gasteiger partial charge < -0.3 is 0 Å². The van der Waals surface area contributed by atoms with Crippen molar-refractivity contribution in [2.75, 3.05) is 0 Å². The average Bonchev–Trinajstić information content (AvgIpc) is 2.16. The van der Waals surface area contributed by atoms with Crippen molar-refractivity contribution >= 4 is 10.8 Å². The molecule has 13 heavy (non-hydrogen) atoms. The van der Waals surface area contributed by atoms with Gasteiger partial charge in [0.1, 0.15) is 0 Å². The molecular formula is C12H13N. The molecule has 1 nitrogen and oxygen atoms in total. The van der Waals surface area contributed by atoms with Gasteiger partial charge in [0.05, 0.1) is 0 Å². The zero-order chi connectivity index (χ0) is 9.26. The van der Waals surface area contributed by atoms with Crippen LogP contribution in [0.1, 0.15) is 18.2 Å². The fourth-order valence-electron chi connectivity index (χ4n) is 1.64. The number of hydrogen-bond acceptors (Lipinski definition) is 1. The molecule has 2 aromatic rings. The fraction of sp³-hybridized carbons (Fsp3) is 0.250. The maximum atomic E-state index is 4.36. The maximum absolute atomic E-state index is 4.36. The van der Waals surface area contributed by atoms with E-state index in [0.29, 0.717) is 0 Å². The lowest BCUT2D eigenvalue weighted by Crippen LogP contribution is -1.88. The highest BCUT2D eigenvalue weighted by atomic mass is 14.7. The predicted molar refractivity (Wildman–Crippen MR) is 55.9 cm³/mol. The van der Waals surface area contributed by atoms with Crippen molar-refractivity contribution in [2.45, 2.75) is 20.3 Å². The molecule has 0 N–H and O–H groups in total. The van der Waals surface area contributed by atoms with Gasteiger partial charge in [-0.1, -0.05) is 30.7 Å². The third-order valence-corrected chi connectivity index (χ3v) is 2.34. The summed E-state index contributed by atoms with van der Waals surface area (Å²) in [6.45, 7) is 4.26. The van der Waals surface area contributed by atoms with E-state index in [1.165, 1.54) is 22.0 Å². The van der Waals surface area contributed by atoms with E-state index in [1.807, 2.05) is 6.20 Å². The summed E-state index contributed by atoms with van der Waals surface area (Å²) in [5.41, 5.74) is 2.50. The van der Waals surface area contributed by atoms with E-state index in [9.17, 15) is 0 Å². The molecule has 0 aliphatic rings. The van der Waals surface area contributed by atoms with Crippen LogP contribution in [0.25, 0.3) is 10.8 Å². The molecule has 0 unspecified atom stereocenters. The van der Waals surface area contributed by atoms with Gasteiger partial charge in [-0.05, 0) is 24.8 Å². The van der Waals surface area contributed by atoms with Crippen molar-refractivity contribution in [1.82, 2.24) is 4.98 Å². The summed E-state index contributed by atoms with van der Waals surface area (Å²) in [6, 6.07) is 8.58. The topological polar surface area (TPSA) is 12.9 Å². The first-order chi connectivity index (χ1) is 6.31. The van der Waals surface area contributed by atoms with Gasteiger partial charge in [0, 0.05) is 17.3 Å². The number of rotatable bonds is 1. The third kappa shape index (κ3) is 1.42. The van der Waals surface area contributed by atoms with E-state index in [0.717, 1.165) is 6.42 Å². The molecule has 1 aromatic heterocycles. The van der Waals surface area contributed by atoms with Crippen LogP contribution in [0.3, 0.4) is 0 Å².